The van der Waals surface area contributed by atoms with Crippen molar-refractivity contribution in [2.24, 2.45) is 0 Å². The maximum Gasteiger partial charge on any atom is 4.00 e. The largest absolute Gasteiger partial charge is 4.00 e. The first-order chi connectivity index (χ1) is 15.7. The fourth-order valence-corrected chi connectivity index (χ4v) is 2.97. The molecule has 35 heavy (non-hydrogen) atoms. The number of nitrogens with zero attached hydrogens (tertiary/aromatic N) is 2. The van der Waals surface area contributed by atoms with Gasteiger partial charge in [-0.2, -0.15) is 0 Å². The van der Waals surface area contributed by atoms with E-state index in [4.69, 9.17) is 9.47 Å². The SMILES string of the molecule is C1CCOC1.C1CCOC1.CCC[N-]c1ccccc1C.CCC[N-]c1ccccc1C.[F-].[F-].[Ti+4]. The molecule has 0 amide bonds. The van der Waals surface area contributed by atoms with Gasteiger partial charge in [-0.3, -0.25) is 0 Å². The molecule has 2 aliphatic rings. The first kappa shape index (κ1) is 38.1. The Hall–Kier alpha value is -1.47. The number of hydrogen-bond acceptors (Lipinski definition) is 2. The molecule has 0 radical (unpaired) electrons. The van der Waals surface area contributed by atoms with Gasteiger partial charge in [0.05, 0.1) is 0 Å². The van der Waals surface area contributed by atoms with E-state index in [1.807, 2.05) is 24.3 Å². The summed E-state index contributed by atoms with van der Waals surface area (Å²) in [6.07, 6.45) is 7.35. The Bertz CT molecular complexity index is 625. The van der Waals surface area contributed by atoms with E-state index in [1.165, 1.54) is 36.8 Å². The van der Waals surface area contributed by atoms with Crippen molar-refractivity contribution in [1.29, 1.82) is 0 Å². The van der Waals surface area contributed by atoms with Gasteiger partial charge in [-0.25, -0.2) is 0 Å². The van der Waals surface area contributed by atoms with Gasteiger partial charge in [0.25, 0.3) is 0 Å². The Labute approximate surface area is 227 Å². The number of hydrogen-bond donors (Lipinski definition) is 0. The molecular formula is C28H44F2N2O2Ti. The van der Waals surface area contributed by atoms with Crippen LogP contribution in [0.4, 0.5) is 11.4 Å². The average Bonchev–Trinajstić information content (AvgIpc) is 3.58. The van der Waals surface area contributed by atoms with E-state index in [1.54, 1.807) is 0 Å². The zero-order chi connectivity index (χ0) is 23.3. The molecular weight excluding hydrogens is 482 g/mol. The van der Waals surface area contributed by atoms with Gasteiger partial charge in [-0.1, -0.05) is 86.3 Å². The Kier molecular flexibility index (Phi) is 29.5. The van der Waals surface area contributed by atoms with Crippen LogP contribution >= 0.6 is 0 Å². The molecule has 2 aromatic rings. The second-order valence-corrected chi connectivity index (χ2v) is 7.98. The van der Waals surface area contributed by atoms with Crippen molar-refractivity contribution in [3.63, 3.8) is 0 Å². The van der Waals surface area contributed by atoms with Gasteiger partial charge in [-0.05, 0) is 39.5 Å². The molecule has 0 N–H and O–H groups in total. The van der Waals surface area contributed by atoms with Gasteiger partial charge in [0.1, 0.15) is 0 Å². The van der Waals surface area contributed by atoms with Crippen LogP contribution in [0.2, 0.25) is 0 Å². The second-order valence-electron chi connectivity index (χ2n) is 7.98. The minimum Gasteiger partial charge on any atom is -1.00 e. The third-order valence-corrected chi connectivity index (χ3v) is 4.90. The van der Waals surface area contributed by atoms with E-state index in [-0.39, 0.29) is 31.1 Å². The normalized spacial score (nSPS) is 12.9. The van der Waals surface area contributed by atoms with Gasteiger partial charge >= 0.3 is 21.7 Å². The summed E-state index contributed by atoms with van der Waals surface area (Å²) in [5, 5.41) is 8.85. The third-order valence-electron chi connectivity index (χ3n) is 4.90. The summed E-state index contributed by atoms with van der Waals surface area (Å²) in [6.45, 7) is 14.3. The van der Waals surface area contributed by atoms with Crippen LogP contribution < -0.4 is 9.41 Å². The van der Waals surface area contributed by atoms with Crippen molar-refractivity contribution in [3.8, 4) is 0 Å². The van der Waals surface area contributed by atoms with Gasteiger partial charge in [0.15, 0.2) is 0 Å². The molecule has 2 aromatic carbocycles. The molecule has 0 aromatic heterocycles. The van der Waals surface area contributed by atoms with Crippen molar-refractivity contribution in [2.75, 3.05) is 39.5 Å². The van der Waals surface area contributed by atoms with E-state index >= 15 is 0 Å². The molecule has 4 nitrogen and oxygen atoms in total. The van der Waals surface area contributed by atoms with E-state index in [2.05, 4.69) is 62.6 Å². The molecule has 0 saturated carbocycles. The number of benzene rings is 2. The molecule has 196 valence electrons. The third kappa shape index (κ3) is 20.4. The molecule has 7 heteroatoms. The summed E-state index contributed by atoms with van der Waals surface area (Å²) in [5.41, 5.74) is 4.80. The van der Waals surface area contributed by atoms with Gasteiger partial charge in [0.2, 0.25) is 0 Å². The quantitative estimate of drug-likeness (QED) is 0.543. The van der Waals surface area contributed by atoms with Crippen LogP contribution in [0.15, 0.2) is 48.5 Å². The molecule has 0 unspecified atom stereocenters. The summed E-state index contributed by atoms with van der Waals surface area (Å²) >= 11 is 0. The molecule has 2 aliphatic heterocycles. The van der Waals surface area contributed by atoms with Crippen molar-refractivity contribution < 1.29 is 40.6 Å². The predicted octanol–water partition coefficient (Wildman–Crippen LogP) is 2.42. The van der Waals surface area contributed by atoms with Crippen LogP contribution in [-0.2, 0) is 31.2 Å². The number of para-hydroxylation sites is 2. The predicted molar refractivity (Wildman–Crippen MR) is 139 cm³/mol. The number of ether oxygens (including phenoxy) is 2. The Morgan fingerprint density at radius 3 is 1.14 bits per heavy atom. The summed E-state index contributed by atoms with van der Waals surface area (Å²) < 4.78 is 9.89. The van der Waals surface area contributed by atoms with Crippen molar-refractivity contribution in [2.45, 2.75) is 66.2 Å². The van der Waals surface area contributed by atoms with E-state index in [9.17, 15) is 0 Å². The summed E-state index contributed by atoms with van der Waals surface area (Å²) in [5.74, 6) is 0. The standard InChI is InChI=1S/2C10H14N.2C4H8O.2FH.Ti/c2*1-3-8-11-10-7-5-4-6-9(10)2;2*1-2-4-5-3-1;;;/h2*4-7H,3,8H2,1-2H3;2*1-4H2;2*1H;/q2*-1;;;;;+4/p-2. The Balaban J connectivity index is -0.000000400. The number of halogens is 2. The van der Waals surface area contributed by atoms with Crippen LogP contribution in [0, 0.1) is 13.8 Å². The fourth-order valence-electron chi connectivity index (χ4n) is 2.97. The average molecular weight is 527 g/mol. The molecule has 0 atom stereocenters. The van der Waals surface area contributed by atoms with Crippen LogP contribution in [0.25, 0.3) is 10.6 Å². The molecule has 2 saturated heterocycles. The zero-order valence-electron chi connectivity index (χ0n) is 22.1. The van der Waals surface area contributed by atoms with E-state index in [0.29, 0.717) is 0 Å². The van der Waals surface area contributed by atoms with Crippen LogP contribution in [0.1, 0.15) is 63.5 Å². The molecule has 4 rings (SSSR count). The minimum atomic E-state index is 0. The number of rotatable bonds is 6. The fraction of sp³-hybridized carbons (Fsp3) is 0.571. The molecule has 0 spiro atoms. The topological polar surface area (TPSA) is 46.7 Å². The Morgan fingerprint density at radius 2 is 0.914 bits per heavy atom. The summed E-state index contributed by atoms with van der Waals surface area (Å²) in [6, 6.07) is 16.4. The van der Waals surface area contributed by atoms with Crippen molar-refractivity contribution in [3.05, 3.63) is 70.3 Å². The van der Waals surface area contributed by atoms with Crippen molar-refractivity contribution >= 4 is 11.4 Å². The maximum atomic E-state index is 4.94. The molecule has 0 aliphatic carbocycles. The van der Waals surface area contributed by atoms with E-state index < -0.39 is 0 Å². The second kappa shape index (κ2) is 27.1. The van der Waals surface area contributed by atoms with E-state index in [0.717, 1.165) is 63.7 Å². The Morgan fingerprint density at radius 1 is 0.600 bits per heavy atom. The first-order valence-electron chi connectivity index (χ1n) is 12.3. The molecule has 2 fully saturated rings. The van der Waals surface area contributed by atoms with Crippen LogP contribution in [-0.4, -0.2) is 39.5 Å². The molecule has 0 bridgehead atoms. The monoisotopic (exact) mass is 526 g/mol. The van der Waals surface area contributed by atoms with Crippen LogP contribution in [0.3, 0.4) is 0 Å². The van der Waals surface area contributed by atoms with Crippen LogP contribution in [0.5, 0.6) is 0 Å². The maximum absolute atomic E-state index is 4.94. The van der Waals surface area contributed by atoms with Gasteiger partial charge in [-0.15, -0.1) is 24.5 Å². The van der Waals surface area contributed by atoms with Gasteiger partial charge in [0, 0.05) is 26.4 Å². The summed E-state index contributed by atoms with van der Waals surface area (Å²) in [4.78, 5) is 0. The van der Waals surface area contributed by atoms with Gasteiger partial charge < -0.3 is 29.5 Å². The minimum absolute atomic E-state index is 0. The molecule has 2 heterocycles. The zero-order valence-corrected chi connectivity index (χ0v) is 23.6. The number of aryl methyl sites for hydroxylation is 2. The smallest absolute Gasteiger partial charge is 1.00 e. The van der Waals surface area contributed by atoms with Crippen molar-refractivity contribution in [1.82, 2.24) is 0 Å². The first-order valence-corrected chi connectivity index (χ1v) is 12.3. The summed E-state index contributed by atoms with van der Waals surface area (Å²) in [7, 11) is 0.